The van der Waals surface area contributed by atoms with E-state index in [0.29, 0.717) is 36.1 Å². The van der Waals surface area contributed by atoms with Gasteiger partial charge in [0.05, 0.1) is 18.4 Å². The molecule has 0 bridgehead atoms. The van der Waals surface area contributed by atoms with Crippen molar-refractivity contribution in [2.45, 2.75) is 12.2 Å². The number of hydrogen-bond acceptors (Lipinski definition) is 5. The summed E-state index contributed by atoms with van der Waals surface area (Å²) in [6.45, 7) is 3.08. The summed E-state index contributed by atoms with van der Waals surface area (Å²) in [6, 6.07) is 6.63. The van der Waals surface area contributed by atoms with E-state index in [0.717, 1.165) is 19.5 Å². The zero-order valence-corrected chi connectivity index (χ0v) is 15.2. The Kier molecular flexibility index (Phi) is 6.25. The molecule has 2 saturated heterocycles. The van der Waals surface area contributed by atoms with Crippen molar-refractivity contribution in [2.75, 3.05) is 33.3 Å². The van der Waals surface area contributed by atoms with Crippen LogP contribution in [-0.2, 0) is 20.5 Å². The first-order valence-corrected chi connectivity index (χ1v) is 9.46. The zero-order valence-electron chi connectivity index (χ0n) is 13.6. The van der Waals surface area contributed by atoms with Gasteiger partial charge in [-0.15, -0.1) is 12.4 Å². The number of rotatable bonds is 4. The molecule has 0 radical (unpaired) electrons. The summed E-state index contributed by atoms with van der Waals surface area (Å²) in [6.07, 6.45) is 0.916. The molecular weight excluding hydrogens is 352 g/mol. The Balaban J connectivity index is 0.00000208. The zero-order chi connectivity index (χ0) is 16.4. The Hall–Kier alpha value is -1.15. The summed E-state index contributed by atoms with van der Waals surface area (Å²) >= 11 is 0. The van der Waals surface area contributed by atoms with Crippen LogP contribution in [-0.4, -0.2) is 52.0 Å². The molecule has 1 aromatic rings. The first-order valence-electron chi connectivity index (χ1n) is 7.85. The summed E-state index contributed by atoms with van der Waals surface area (Å²) in [7, 11) is -2.06. The van der Waals surface area contributed by atoms with Crippen LogP contribution in [0.15, 0.2) is 24.3 Å². The van der Waals surface area contributed by atoms with E-state index in [2.05, 4.69) is 10.1 Å². The molecule has 2 aliphatic rings. The monoisotopic (exact) mass is 374 g/mol. The SMILES string of the molecule is COC(=O)c1cccc(CS(=O)(=O)N2CCC3CNCC3C2)c1.Cl. The number of fused-ring (bicyclic) bond motifs is 1. The Bertz CT molecular complexity index is 695. The molecule has 0 aliphatic carbocycles. The van der Waals surface area contributed by atoms with E-state index < -0.39 is 16.0 Å². The van der Waals surface area contributed by atoms with Crippen LogP contribution in [0, 0.1) is 11.8 Å². The van der Waals surface area contributed by atoms with E-state index in [1.807, 2.05) is 0 Å². The molecule has 1 aromatic carbocycles. The number of esters is 1. The average Bonchev–Trinajstić information content (AvgIpc) is 3.01. The van der Waals surface area contributed by atoms with E-state index in [1.54, 1.807) is 28.6 Å². The second-order valence-electron chi connectivity index (χ2n) is 6.27. The number of piperidine rings is 1. The molecule has 2 heterocycles. The fourth-order valence-electron chi connectivity index (χ4n) is 3.46. The normalized spacial score (nSPS) is 24.0. The summed E-state index contributed by atoms with van der Waals surface area (Å²) < 4.78 is 31.6. The maximum atomic E-state index is 12.7. The minimum atomic E-state index is -3.37. The highest BCUT2D eigenvalue weighted by atomic mass is 35.5. The van der Waals surface area contributed by atoms with Crippen molar-refractivity contribution in [2.24, 2.45) is 11.8 Å². The number of halogens is 1. The van der Waals surface area contributed by atoms with Gasteiger partial charge >= 0.3 is 5.97 Å². The molecule has 0 saturated carbocycles. The van der Waals surface area contributed by atoms with Crippen LogP contribution in [0.3, 0.4) is 0 Å². The van der Waals surface area contributed by atoms with Crippen molar-refractivity contribution in [3.8, 4) is 0 Å². The summed E-state index contributed by atoms with van der Waals surface area (Å²) in [4.78, 5) is 11.6. The molecule has 1 N–H and O–H groups in total. The lowest BCUT2D eigenvalue weighted by atomic mass is 9.90. The molecule has 0 amide bonds. The Labute approximate surface area is 149 Å². The third kappa shape index (κ3) is 4.08. The summed E-state index contributed by atoms with van der Waals surface area (Å²) in [5.74, 6) is 0.481. The van der Waals surface area contributed by atoms with Crippen molar-refractivity contribution in [1.29, 1.82) is 0 Å². The number of nitrogens with zero attached hydrogens (tertiary/aromatic N) is 1. The molecule has 0 aromatic heterocycles. The van der Waals surface area contributed by atoms with Crippen LogP contribution in [0.4, 0.5) is 0 Å². The van der Waals surface area contributed by atoms with Gasteiger partial charge in [-0.2, -0.15) is 0 Å². The van der Waals surface area contributed by atoms with E-state index in [1.165, 1.54) is 7.11 Å². The van der Waals surface area contributed by atoms with Crippen LogP contribution >= 0.6 is 12.4 Å². The van der Waals surface area contributed by atoms with Gasteiger partial charge in [-0.3, -0.25) is 0 Å². The Morgan fingerprint density at radius 2 is 2.08 bits per heavy atom. The fourth-order valence-corrected chi connectivity index (χ4v) is 5.05. The van der Waals surface area contributed by atoms with E-state index in [9.17, 15) is 13.2 Å². The fraction of sp³-hybridized carbons (Fsp3) is 0.562. The van der Waals surface area contributed by atoms with Gasteiger partial charge in [-0.1, -0.05) is 12.1 Å². The minimum Gasteiger partial charge on any atom is -0.465 e. The highest BCUT2D eigenvalue weighted by Gasteiger charge is 2.37. The van der Waals surface area contributed by atoms with Gasteiger partial charge in [0, 0.05) is 13.1 Å². The van der Waals surface area contributed by atoms with Crippen LogP contribution < -0.4 is 5.32 Å². The molecule has 6 nitrogen and oxygen atoms in total. The lowest BCUT2D eigenvalue weighted by Gasteiger charge is -2.33. The molecule has 2 atom stereocenters. The number of ether oxygens (including phenoxy) is 1. The highest BCUT2D eigenvalue weighted by molar-refractivity contribution is 7.88. The van der Waals surface area contributed by atoms with Crippen molar-refractivity contribution < 1.29 is 17.9 Å². The van der Waals surface area contributed by atoms with Crippen LogP contribution in [0.2, 0.25) is 0 Å². The van der Waals surface area contributed by atoms with Gasteiger partial charge in [0.15, 0.2) is 0 Å². The maximum absolute atomic E-state index is 12.7. The number of methoxy groups -OCH3 is 1. The first-order chi connectivity index (χ1) is 11.0. The maximum Gasteiger partial charge on any atom is 0.337 e. The number of hydrogen-bond donors (Lipinski definition) is 1. The molecule has 2 fully saturated rings. The van der Waals surface area contributed by atoms with Gasteiger partial charge in [0.1, 0.15) is 0 Å². The molecule has 134 valence electrons. The van der Waals surface area contributed by atoms with Crippen molar-refractivity contribution in [3.05, 3.63) is 35.4 Å². The number of nitrogens with one attached hydrogen (secondary N) is 1. The van der Waals surface area contributed by atoms with Crippen molar-refractivity contribution >= 4 is 28.4 Å². The van der Waals surface area contributed by atoms with Gasteiger partial charge in [-0.05, 0) is 49.0 Å². The topological polar surface area (TPSA) is 75.7 Å². The molecule has 2 unspecified atom stereocenters. The van der Waals surface area contributed by atoms with Crippen molar-refractivity contribution in [1.82, 2.24) is 9.62 Å². The molecule has 0 spiro atoms. The van der Waals surface area contributed by atoms with Gasteiger partial charge in [0.25, 0.3) is 0 Å². The van der Waals surface area contributed by atoms with Gasteiger partial charge in [-0.25, -0.2) is 17.5 Å². The van der Waals surface area contributed by atoms with Crippen LogP contribution in [0.5, 0.6) is 0 Å². The number of carbonyl (C=O) groups excluding carboxylic acids is 1. The molecular formula is C16H23ClN2O4S. The Morgan fingerprint density at radius 1 is 1.33 bits per heavy atom. The number of benzene rings is 1. The second kappa shape index (κ2) is 7.82. The van der Waals surface area contributed by atoms with Crippen LogP contribution in [0.25, 0.3) is 0 Å². The van der Waals surface area contributed by atoms with Crippen LogP contribution in [0.1, 0.15) is 22.3 Å². The van der Waals surface area contributed by atoms with Gasteiger partial charge < -0.3 is 10.1 Å². The van der Waals surface area contributed by atoms with E-state index in [4.69, 9.17) is 0 Å². The lowest BCUT2D eigenvalue weighted by Crippen LogP contribution is -2.43. The molecule has 2 aliphatic heterocycles. The lowest BCUT2D eigenvalue weighted by molar-refractivity contribution is 0.0600. The van der Waals surface area contributed by atoms with E-state index in [-0.39, 0.29) is 18.2 Å². The van der Waals surface area contributed by atoms with Gasteiger partial charge in [0.2, 0.25) is 10.0 Å². The molecule has 24 heavy (non-hydrogen) atoms. The predicted molar refractivity (Wildman–Crippen MR) is 93.7 cm³/mol. The van der Waals surface area contributed by atoms with Crippen molar-refractivity contribution in [3.63, 3.8) is 0 Å². The summed E-state index contributed by atoms with van der Waals surface area (Å²) in [5, 5.41) is 3.34. The predicted octanol–water partition coefficient (Wildman–Crippen LogP) is 1.27. The Morgan fingerprint density at radius 3 is 2.83 bits per heavy atom. The number of sulfonamides is 1. The second-order valence-corrected chi connectivity index (χ2v) is 8.24. The highest BCUT2D eigenvalue weighted by Crippen LogP contribution is 2.28. The summed E-state index contributed by atoms with van der Waals surface area (Å²) in [5.41, 5.74) is 0.985. The number of carbonyl (C=O) groups is 1. The average molecular weight is 375 g/mol. The quantitative estimate of drug-likeness (QED) is 0.803. The first kappa shape index (κ1) is 19.2. The van der Waals surface area contributed by atoms with E-state index >= 15 is 0 Å². The molecule has 8 heteroatoms. The minimum absolute atomic E-state index is 0. The third-order valence-electron chi connectivity index (χ3n) is 4.76. The standard InChI is InChI=1S/C16H22N2O4S.ClH/c1-22-16(19)13-4-2-3-12(7-13)11-23(20,21)18-6-5-14-8-17-9-15(14)10-18;/h2-4,7,14-15,17H,5-6,8-11H2,1H3;1H. The largest absolute Gasteiger partial charge is 0.465 e. The molecule has 3 rings (SSSR count). The third-order valence-corrected chi connectivity index (χ3v) is 6.57. The smallest absolute Gasteiger partial charge is 0.337 e.